The molecule has 25 heavy (non-hydrogen) atoms. The van der Waals surface area contributed by atoms with E-state index in [1.54, 1.807) is 28.6 Å². The Bertz CT molecular complexity index is 796. The first-order valence-electron chi connectivity index (χ1n) is 8.40. The van der Waals surface area contributed by atoms with E-state index in [-0.39, 0.29) is 5.82 Å². The van der Waals surface area contributed by atoms with Crippen LogP contribution in [0.15, 0.2) is 53.4 Å². The summed E-state index contributed by atoms with van der Waals surface area (Å²) in [4.78, 5) is 0.346. The van der Waals surface area contributed by atoms with Crippen molar-refractivity contribution in [2.75, 3.05) is 19.7 Å². The number of benzene rings is 2. The Morgan fingerprint density at radius 1 is 1.04 bits per heavy atom. The first-order chi connectivity index (χ1) is 11.9. The van der Waals surface area contributed by atoms with Crippen molar-refractivity contribution >= 4 is 10.0 Å². The van der Waals surface area contributed by atoms with Crippen LogP contribution >= 0.6 is 0 Å². The third-order valence-electron chi connectivity index (χ3n) is 4.53. The van der Waals surface area contributed by atoms with Gasteiger partial charge in [0.2, 0.25) is 10.0 Å². The Kier molecular flexibility index (Phi) is 5.39. The molecule has 4 nitrogen and oxygen atoms in total. The Hall–Kier alpha value is -1.92. The van der Waals surface area contributed by atoms with Crippen LogP contribution in [0.3, 0.4) is 0 Å². The van der Waals surface area contributed by atoms with Crippen LogP contribution in [0.1, 0.15) is 18.4 Å². The van der Waals surface area contributed by atoms with E-state index in [1.807, 2.05) is 19.1 Å². The molecular formula is C19H22FNO3S. The van der Waals surface area contributed by atoms with E-state index in [1.165, 1.54) is 12.1 Å². The molecule has 0 N–H and O–H groups in total. The molecule has 0 atom stereocenters. The first kappa shape index (κ1) is 17.9. The number of halogens is 1. The molecule has 0 spiro atoms. The van der Waals surface area contributed by atoms with E-state index < -0.39 is 10.0 Å². The molecule has 0 saturated carbocycles. The minimum Gasteiger partial charge on any atom is -0.493 e. The molecule has 2 aromatic carbocycles. The van der Waals surface area contributed by atoms with E-state index in [2.05, 4.69) is 0 Å². The molecule has 1 aliphatic rings. The number of aryl methyl sites for hydroxylation is 1. The minimum absolute atomic E-state index is 0.290. The smallest absolute Gasteiger partial charge is 0.243 e. The highest BCUT2D eigenvalue weighted by Gasteiger charge is 2.29. The second kappa shape index (κ2) is 7.54. The fourth-order valence-electron chi connectivity index (χ4n) is 2.92. The van der Waals surface area contributed by atoms with E-state index >= 15 is 0 Å². The molecule has 1 aliphatic heterocycles. The standard InChI is InChI=1S/C19H22FNO3S/c1-15-2-8-19(9-3-15)25(22,23)21-12-10-16(11-13-21)14-24-18-6-4-17(20)5-7-18/h2-9,16H,10-14H2,1H3. The van der Waals surface area contributed by atoms with Crippen LogP contribution < -0.4 is 4.74 Å². The normalized spacial score (nSPS) is 16.7. The molecular weight excluding hydrogens is 341 g/mol. The van der Waals surface area contributed by atoms with Gasteiger partial charge < -0.3 is 4.74 Å². The average molecular weight is 363 g/mol. The van der Waals surface area contributed by atoms with E-state index in [0.29, 0.717) is 36.3 Å². The van der Waals surface area contributed by atoms with Crippen LogP contribution in [0.2, 0.25) is 0 Å². The lowest BCUT2D eigenvalue weighted by Crippen LogP contribution is -2.39. The van der Waals surface area contributed by atoms with Gasteiger partial charge in [0.25, 0.3) is 0 Å². The second-order valence-electron chi connectivity index (χ2n) is 6.43. The molecule has 3 rings (SSSR count). The van der Waals surface area contributed by atoms with Crippen molar-refractivity contribution in [3.8, 4) is 5.75 Å². The van der Waals surface area contributed by atoms with Gasteiger partial charge in [0.15, 0.2) is 0 Å². The predicted molar refractivity (Wildman–Crippen MR) is 94.6 cm³/mol. The van der Waals surface area contributed by atoms with Gasteiger partial charge in [-0.2, -0.15) is 4.31 Å². The van der Waals surface area contributed by atoms with Crippen molar-refractivity contribution in [2.24, 2.45) is 5.92 Å². The third kappa shape index (κ3) is 4.38. The van der Waals surface area contributed by atoms with Crippen LogP contribution in [0, 0.1) is 18.7 Å². The van der Waals surface area contributed by atoms with E-state index in [9.17, 15) is 12.8 Å². The number of sulfonamides is 1. The fraction of sp³-hybridized carbons (Fsp3) is 0.368. The highest BCUT2D eigenvalue weighted by atomic mass is 32.2. The minimum atomic E-state index is -3.42. The lowest BCUT2D eigenvalue weighted by Gasteiger charge is -2.31. The van der Waals surface area contributed by atoms with Crippen molar-refractivity contribution < 1.29 is 17.5 Å². The monoisotopic (exact) mass is 363 g/mol. The number of rotatable bonds is 5. The molecule has 0 unspecified atom stereocenters. The topological polar surface area (TPSA) is 46.6 Å². The van der Waals surface area contributed by atoms with E-state index in [4.69, 9.17) is 4.74 Å². The van der Waals surface area contributed by atoms with Gasteiger partial charge in [0.1, 0.15) is 11.6 Å². The highest BCUT2D eigenvalue weighted by molar-refractivity contribution is 7.89. The molecule has 0 bridgehead atoms. The predicted octanol–water partition coefficient (Wildman–Crippen LogP) is 3.61. The third-order valence-corrected chi connectivity index (χ3v) is 6.44. The van der Waals surface area contributed by atoms with Gasteiger partial charge in [-0.25, -0.2) is 12.8 Å². The van der Waals surface area contributed by atoms with Gasteiger partial charge in [-0.3, -0.25) is 0 Å². The number of ether oxygens (including phenoxy) is 1. The molecule has 2 aromatic rings. The first-order valence-corrected chi connectivity index (χ1v) is 9.84. The summed E-state index contributed by atoms with van der Waals surface area (Å²) < 4.78 is 45.5. The summed E-state index contributed by atoms with van der Waals surface area (Å²) in [5, 5.41) is 0. The maximum absolute atomic E-state index is 12.9. The van der Waals surface area contributed by atoms with Gasteiger partial charge in [0, 0.05) is 13.1 Å². The molecule has 134 valence electrons. The van der Waals surface area contributed by atoms with Crippen LogP contribution in [0.4, 0.5) is 4.39 Å². The Labute approximate surface area is 148 Å². The number of hydrogen-bond acceptors (Lipinski definition) is 3. The quantitative estimate of drug-likeness (QED) is 0.815. The average Bonchev–Trinajstić information content (AvgIpc) is 2.62. The van der Waals surface area contributed by atoms with Gasteiger partial charge in [-0.1, -0.05) is 17.7 Å². The van der Waals surface area contributed by atoms with Gasteiger partial charge >= 0.3 is 0 Å². The van der Waals surface area contributed by atoms with Crippen LogP contribution in [-0.4, -0.2) is 32.4 Å². The number of hydrogen-bond donors (Lipinski definition) is 0. The molecule has 6 heteroatoms. The molecule has 0 amide bonds. The van der Waals surface area contributed by atoms with Crippen LogP contribution in [0.25, 0.3) is 0 Å². The maximum Gasteiger partial charge on any atom is 0.243 e. The summed E-state index contributed by atoms with van der Waals surface area (Å²) in [5.74, 6) is 0.646. The lowest BCUT2D eigenvalue weighted by atomic mass is 9.99. The van der Waals surface area contributed by atoms with Crippen molar-refractivity contribution in [1.29, 1.82) is 0 Å². The van der Waals surface area contributed by atoms with Gasteiger partial charge in [-0.05, 0) is 62.1 Å². The van der Waals surface area contributed by atoms with Crippen LogP contribution in [0.5, 0.6) is 5.75 Å². The van der Waals surface area contributed by atoms with Crippen molar-refractivity contribution in [2.45, 2.75) is 24.7 Å². The van der Waals surface area contributed by atoms with E-state index in [0.717, 1.165) is 18.4 Å². The maximum atomic E-state index is 12.9. The molecule has 0 aliphatic carbocycles. The Morgan fingerprint density at radius 3 is 2.24 bits per heavy atom. The Balaban J connectivity index is 1.54. The zero-order valence-electron chi connectivity index (χ0n) is 14.2. The second-order valence-corrected chi connectivity index (χ2v) is 8.36. The fourth-order valence-corrected chi connectivity index (χ4v) is 4.39. The molecule has 1 heterocycles. The van der Waals surface area contributed by atoms with Crippen molar-refractivity contribution in [3.05, 3.63) is 59.9 Å². The largest absolute Gasteiger partial charge is 0.493 e. The summed E-state index contributed by atoms with van der Waals surface area (Å²) in [6.45, 7) is 3.44. The summed E-state index contributed by atoms with van der Waals surface area (Å²) in [6.07, 6.45) is 1.51. The summed E-state index contributed by atoms with van der Waals surface area (Å²) in [7, 11) is -3.42. The summed E-state index contributed by atoms with van der Waals surface area (Å²) in [5.41, 5.74) is 1.04. The molecule has 0 aromatic heterocycles. The molecule has 1 fully saturated rings. The summed E-state index contributed by atoms with van der Waals surface area (Å²) >= 11 is 0. The van der Waals surface area contributed by atoms with Gasteiger partial charge in [0.05, 0.1) is 11.5 Å². The number of nitrogens with zero attached hydrogens (tertiary/aromatic N) is 1. The van der Waals surface area contributed by atoms with Gasteiger partial charge in [-0.15, -0.1) is 0 Å². The highest BCUT2D eigenvalue weighted by Crippen LogP contribution is 2.25. The lowest BCUT2D eigenvalue weighted by molar-refractivity contribution is 0.185. The van der Waals surface area contributed by atoms with Crippen LogP contribution in [-0.2, 0) is 10.0 Å². The number of piperidine rings is 1. The van der Waals surface area contributed by atoms with Crippen molar-refractivity contribution in [1.82, 2.24) is 4.31 Å². The SMILES string of the molecule is Cc1ccc(S(=O)(=O)N2CCC(COc3ccc(F)cc3)CC2)cc1. The van der Waals surface area contributed by atoms with Crippen molar-refractivity contribution in [3.63, 3.8) is 0 Å². The zero-order valence-corrected chi connectivity index (χ0v) is 15.0. The molecule has 0 radical (unpaired) electrons. The Morgan fingerprint density at radius 2 is 1.64 bits per heavy atom. The zero-order chi connectivity index (χ0) is 17.9. The molecule has 1 saturated heterocycles. The summed E-state index contributed by atoms with van der Waals surface area (Å²) in [6, 6.07) is 12.9.